The third-order valence-corrected chi connectivity index (χ3v) is 2.13. The SMILES string of the molecule is CCOCCNC(C)c1cncc(F)c1. The monoisotopic (exact) mass is 212 g/mol. The Labute approximate surface area is 89.7 Å². The average molecular weight is 212 g/mol. The number of halogens is 1. The summed E-state index contributed by atoms with van der Waals surface area (Å²) in [6.45, 7) is 6.08. The van der Waals surface area contributed by atoms with Crippen LogP contribution in [-0.4, -0.2) is 24.7 Å². The second kappa shape index (κ2) is 6.48. The third-order valence-electron chi connectivity index (χ3n) is 2.13. The van der Waals surface area contributed by atoms with E-state index in [0.29, 0.717) is 6.61 Å². The highest BCUT2D eigenvalue weighted by Crippen LogP contribution is 2.11. The highest BCUT2D eigenvalue weighted by Gasteiger charge is 2.05. The number of nitrogens with zero attached hydrogens (tertiary/aromatic N) is 1. The number of rotatable bonds is 6. The molecule has 1 rings (SSSR count). The van der Waals surface area contributed by atoms with Gasteiger partial charge in [-0.05, 0) is 25.5 Å². The van der Waals surface area contributed by atoms with Gasteiger partial charge in [-0.2, -0.15) is 0 Å². The van der Waals surface area contributed by atoms with Gasteiger partial charge in [-0.15, -0.1) is 0 Å². The molecule has 1 N–H and O–H groups in total. The lowest BCUT2D eigenvalue weighted by Crippen LogP contribution is -2.23. The lowest BCUT2D eigenvalue weighted by Gasteiger charge is -2.13. The van der Waals surface area contributed by atoms with Crippen LogP contribution in [0.4, 0.5) is 4.39 Å². The first-order valence-corrected chi connectivity index (χ1v) is 5.15. The maximum absolute atomic E-state index is 12.9. The Kier molecular flexibility index (Phi) is 5.21. The molecule has 0 bridgehead atoms. The Balaban J connectivity index is 2.36. The van der Waals surface area contributed by atoms with Gasteiger partial charge in [0.05, 0.1) is 12.8 Å². The Morgan fingerprint density at radius 2 is 2.33 bits per heavy atom. The number of pyridine rings is 1. The van der Waals surface area contributed by atoms with E-state index in [0.717, 1.165) is 18.7 Å². The fourth-order valence-corrected chi connectivity index (χ4v) is 1.27. The summed E-state index contributed by atoms with van der Waals surface area (Å²) in [6.07, 6.45) is 2.87. The second-order valence-corrected chi connectivity index (χ2v) is 3.31. The first kappa shape index (κ1) is 12.1. The van der Waals surface area contributed by atoms with Gasteiger partial charge in [0.15, 0.2) is 0 Å². The molecule has 0 amide bonds. The highest BCUT2D eigenvalue weighted by molar-refractivity contribution is 5.14. The van der Waals surface area contributed by atoms with Crippen molar-refractivity contribution in [3.05, 3.63) is 29.8 Å². The molecule has 0 aliphatic heterocycles. The van der Waals surface area contributed by atoms with Crippen LogP contribution in [-0.2, 0) is 4.74 Å². The van der Waals surface area contributed by atoms with E-state index in [1.54, 1.807) is 6.20 Å². The third kappa shape index (κ3) is 4.36. The summed E-state index contributed by atoms with van der Waals surface area (Å²) in [5, 5.41) is 3.23. The van der Waals surface area contributed by atoms with Gasteiger partial charge >= 0.3 is 0 Å². The molecule has 0 aliphatic rings. The van der Waals surface area contributed by atoms with Crippen LogP contribution in [0, 0.1) is 5.82 Å². The Morgan fingerprint density at radius 3 is 3.00 bits per heavy atom. The quantitative estimate of drug-likeness (QED) is 0.731. The average Bonchev–Trinajstić information content (AvgIpc) is 2.24. The van der Waals surface area contributed by atoms with E-state index < -0.39 is 0 Å². The van der Waals surface area contributed by atoms with Crippen molar-refractivity contribution >= 4 is 0 Å². The van der Waals surface area contributed by atoms with Crippen LogP contribution in [0.5, 0.6) is 0 Å². The molecule has 0 saturated heterocycles. The molecule has 1 aromatic rings. The van der Waals surface area contributed by atoms with Crippen molar-refractivity contribution < 1.29 is 9.13 Å². The molecule has 0 spiro atoms. The first-order valence-electron chi connectivity index (χ1n) is 5.15. The number of nitrogens with one attached hydrogen (secondary N) is 1. The zero-order chi connectivity index (χ0) is 11.1. The van der Waals surface area contributed by atoms with Crippen LogP contribution in [0.15, 0.2) is 18.5 Å². The van der Waals surface area contributed by atoms with Crippen molar-refractivity contribution in [3.8, 4) is 0 Å². The summed E-state index contributed by atoms with van der Waals surface area (Å²) in [6, 6.07) is 1.58. The van der Waals surface area contributed by atoms with E-state index in [1.807, 2.05) is 13.8 Å². The predicted octanol–water partition coefficient (Wildman–Crippen LogP) is 1.91. The maximum Gasteiger partial charge on any atom is 0.141 e. The van der Waals surface area contributed by atoms with E-state index >= 15 is 0 Å². The van der Waals surface area contributed by atoms with Crippen molar-refractivity contribution in [2.45, 2.75) is 19.9 Å². The zero-order valence-corrected chi connectivity index (χ0v) is 9.16. The van der Waals surface area contributed by atoms with Crippen LogP contribution in [0.1, 0.15) is 25.5 Å². The van der Waals surface area contributed by atoms with Crippen molar-refractivity contribution in [2.24, 2.45) is 0 Å². The summed E-state index contributed by atoms with van der Waals surface area (Å²) in [7, 11) is 0. The standard InChI is InChI=1S/C11H17FN2O/c1-3-15-5-4-14-9(2)10-6-11(12)8-13-7-10/h6-9,14H,3-5H2,1-2H3. The van der Waals surface area contributed by atoms with Crippen molar-refractivity contribution in [2.75, 3.05) is 19.8 Å². The van der Waals surface area contributed by atoms with Gasteiger partial charge in [-0.25, -0.2) is 4.39 Å². The molecule has 1 aromatic heterocycles. The molecule has 84 valence electrons. The largest absolute Gasteiger partial charge is 0.380 e. The van der Waals surface area contributed by atoms with Gasteiger partial charge in [-0.3, -0.25) is 4.98 Å². The number of hydrogen-bond donors (Lipinski definition) is 1. The topological polar surface area (TPSA) is 34.1 Å². The second-order valence-electron chi connectivity index (χ2n) is 3.31. The van der Waals surface area contributed by atoms with E-state index in [1.165, 1.54) is 12.3 Å². The summed E-state index contributed by atoms with van der Waals surface area (Å²) in [4.78, 5) is 3.80. The fraction of sp³-hybridized carbons (Fsp3) is 0.545. The van der Waals surface area contributed by atoms with E-state index in [-0.39, 0.29) is 11.9 Å². The Bertz CT molecular complexity index is 294. The summed E-state index contributed by atoms with van der Waals surface area (Å²) < 4.78 is 18.0. The number of ether oxygens (including phenoxy) is 1. The van der Waals surface area contributed by atoms with Gasteiger partial charge < -0.3 is 10.1 Å². The zero-order valence-electron chi connectivity index (χ0n) is 9.16. The minimum atomic E-state index is -0.300. The summed E-state index contributed by atoms with van der Waals surface area (Å²) in [5.41, 5.74) is 0.853. The minimum absolute atomic E-state index is 0.0913. The van der Waals surface area contributed by atoms with Crippen LogP contribution >= 0.6 is 0 Å². The maximum atomic E-state index is 12.9. The van der Waals surface area contributed by atoms with E-state index in [2.05, 4.69) is 10.3 Å². The van der Waals surface area contributed by atoms with Crippen molar-refractivity contribution in [1.82, 2.24) is 10.3 Å². The van der Waals surface area contributed by atoms with Crippen molar-refractivity contribution in [3.63, 3.8) is 0 Å². The molecule has 4 heteroatoms. The molecule has 1 unspecified atom stereocenters. The number of aromatic nitrogens is 1. The molecule has 0 saturated carbocycles. The van der Waals surface area contributed by atoms with Crippen LogP contribution in [0.2, 0.25) is 0 Å². The van der Waals surface area contributed by atoms with Gasteiger partial charge in [0.1, 0.15) is 5.82 Å². The molecule has 15 heavy (non-hydrogen) atoms. The van der Waals surface area contributed by atoms with Crippen LogP contribution in [0.3, 0.4) is 0 Å². The summed E-state index contributed by atoms with van der Waals surface area (Å²) in [5.74, 6) is -0.300. The van der Waals surface area contributed by atoms with Crippen molar-refractivity contribution in [1.29, 1.82) is 0 Å². The van der Waals surface area contributed by atoms with E-state index in [9.17, 15) is 4.39 Å². The fourth-order valence-electron chi connectivity index (χ4n) is 1.27. The smallest absolute Gasteiger partial charge is 0.141 e. The lowest BCUT2D eigenvalue weighted by molar-refractivity contribution is 0.147. The van der Waals surface area contributed by atoms with Crippen LogP contribution in [0.25, 0.3) is 0 Å². The molecule has 0 aliphatic carbocycles. The van der Waals surface area contributed by atoms with Gasteiger partial charge in [-0.1, -0.05) is 0 Å². The Hall–Kier alpha value is -1.00. The molecule has 0 radical (unpaired) electrons. The molecule has 1 atom stereocenters. The summed E-state index contributed by atoms with van der Waals surface area (Å²) >= 11 is 0. The normalized spacial score (nSPS) is 12.7. The molecular formula is C11H17FN2O. The molecule has 3 nitrogen and oxygen atoms in total. The first-order chi connectivity index (χ1) is 7.24. The highest BCUT2D eigenvalue weighted by atomic mass is 19.1. The molecule has 0 fully saturated rings. The molecule has 1 heterocycles. The Morgan fingerprint density at radius 1 is 1.53 bits per heavy atom. The van der Waals surface area contributed by atoms with Gasteiger partial charge in [0.2, 0.25) is 0 Å². The lowest BCUT2D eigenvalue weighted by atomic mass is 10.1. The van der Waals surface area contributed by atoms with E-state index in [4.69, 9.17) is 4.74 Å². The molecule has 0 aromatic carbocycles. The predicted molar refractivity (Wildman–Crippen MR) is 57.1 cm³/mol. The molecular weight excluding hydrogens is 195 g/mol. The van der Waals surface area contributed by atoms with Gasteiger partial charge in [0.25, 0.3) is 0 Å². The van der Waals surface area contributed by atoms with Gasteiger partial charge in [0, 0.05) is 25.4 Å². The number of hydrogen-bond acceptors (Lipinski definition) is 3. The minimum Gasteiger partial charge on any atom is -0.380 e. The van der Waals surface area contributed by atoms with Crippen LogP contribution < -0.4 is 5.32 Å².